The summed E-state index contributed by atoms with van der Waals surface area (Å²) in [4.78, 5) is 2.29. The highest BCUT2D eigenvalue weighted by molar-refractivity contribution is 5.27. The third-order valence-electron chi connectivity index (χ3n) is 2.90. The SMILES string of the molecule is CCN(Cc1cc(F)ccc1CN)C(C)C. The Balaban J connectivity index is 2.89. The number of hydrogen-bond acceptors (Lipinski definition) is 2. The Labute approximate surface area is 97.3 Å². The van der Waals surface area contributed by atoms with Crippen LogP contribution in [0.4, 0.5) is 4.39 Å². The Hall–Kier alpha value is -0.930. The van der Waals surface area contributed by atoms with Gasteiger partial charge in [-0.2, -0.15) is 0 Å². The summed E-state index contributed by atoms with van der Waals surface area (Å²) in [5.41, 5.74) is 7.68. The molecule has 3 heteroatoms. The highest BCUT2D eigenvalue weighted by Gasteiger charge is 2.10. The molecule has 2 N–H and O–H groups in total. The highest BCUT2D eigenvalue weighted by atomic mass is 19.1. The second kappa shape index (κ2) is 5.97. The van der Waals surface area contributed by atoms with Gasteiger partial charge in [0.25, 0.3) is 0 Å². The molecule has 0 aliphatic heterocycles. The summed E-state index contributed by atoms with van der Waals surface area (Å²) < 4.78 is 13.2. The molecule has 0 heterocycles. The van der Waals surface area contributed by atoms with Crippen LogP contribution in [-0.4, -0.2) is 17.5 Å². The number of benzene rings is 1. The molecule has 16 heavy (non-hydrogen) atoms. The molecule has 0 aliphatic rings. The molecule has 0 aromatic heterocycles. The second-order valence-electron chi connectivity index (χ2n) is 4.27. The van der Waals surface area contributed by atoms with Gasteiger partial charge in [-0.25, -0.2) is 4.39 Å². The number of hydrogen-bond donors (Lipinski definition) is 1. The zero-order valence-corrected chi connectivity index (χ0v) is 10.3. The van der Waals surface area contributed by atoms with Crippen molar-refractivity contribution >= 4 is 0 Å². The Morgan fingerprint density at radius 3 is 2.50 bits per heavy atom. The van der Waals surface area contributed by atoms with Crippen molar-refractivity contribution < 1.29 is 4.39 Å². The lowest BCUT2D eigenvalue weighted by Gasteiger charge is -2.25. The fraction of sp³-hybridized carbons (Fsp3) is 0.538. The summed E-state index contributed by atoms with van der Waals surface area (Å²) >= 11 is 0. The lowest BCUT2D eigenvalue weighted by Crippen LogP contribution is -2.30. The average Bonchev–Trinajstić information content (AvgIpc) is 2.25. The second-order valence-corrected chi connectivity index (χ2v) is 4.27. The summed E-state index contributed by atoms with van der Waals surface area (Å²) in [5, 5.41) is 0. The van der Waals surface area contributed by atoms with Crippen LogP contribution in [0.5, 0.6) is 0 Å². The Morgan fingerprint density at radius 1 is 1.31 bits per heavy atom. The molecule has 0 saturated heterocycles. The van der Waals surface area contributed by atoms with Crippen LogP contribution in [0, 0.1) is 5.82 Å². The minimum atomic E-state index is -0.188. The number of halogens is 1. The van der Waals surface area contributed by atoms with E-state index in [9.17, 15) is 4.39 Å². The van der Waals surface area contributed by atoms with Gasteiger partial charge in [0.05, 0.1) is 0 Å². The van der Waals surface area contributed by atoms with Crippen LogP contribution < -0.4 is 5.73 Å². The van der Waals surface area contributed by atoms with Crippen molar-refractivity contribution in [3.05, 3.63) is 35.1 Å². The molecule has 0 bridgehead atoms. The highest BCUT2D eigenvalue weighted by Crippen LogP contribution is 2.15. The van der Waals surface area contributed by atoms with Crippen molar-refractivity contribution in [1.82, 2.24) is 4.90 Å². The zero-order chi connectivity index (χ0) is 12.1. The molecular weight excluding hydrogens is 203 g/mol. The lowest BCUT2D eigenvalue weighted by molar-refractivity contribution is 0.224. The van der Waals surface area contributed by atoms with Gasteiger partial charge >= 0.3 is 0 Å². The molecule has 2 nitrogen and oxygen atoms in total. The molecule has 90 valence electrons. The molecule has 0 radical (unpaired) electrons. The standard InChI is InChI=1S/C13H21FN2/c1-4-16(10(2)3)9-12-7-13(14)6-5-11(12)8-15/h5-7,10H,4,8-9,15H2,1-3H3. The maximum atomic E-state index is 13.2. The fourth-order valence-electron chi connectivity index (χ4n) is 1.82. The normalized spacial score (nSPS) is 11.4. The van der Waals surface area contributed by atoms with Crippen molar-refractivity contribution in [2.45, 2.75) is 39.9 Å². The van der Waals surface area contributed by atoms with Gasteiger partial charge in [-0.1, -0.05) is 13.0 Å². The van der Waals surface area contributed by atoms with Crippen LogP contribution in [0.2, 0.25) is 0 Å². The van der Waals surface area contributed by atoms with E-state index in [1.54, 1.807) is 12.1 Å². The quantitative estimate of drug-likeness (QED) is 0.832. The third-order valence-corrected chi connectivity index (χ3v) is 2.90. The Morgan fingerprint density at radius 2 is 2.00 bits per heavy atom. The first kappa shape index (κ1) is 13.1. The van der Waals surface area contributed by atoms with Crippen molar-refractivity contribution in [2.24, 2.45) is 5.73 Å². The number of rotatable bonds is 5. The maximum Gasteiger partial charge on any atom is 0.123 e. The van der Waals surface area contributed by atoms with Gasteiger partial charge in [0.1, 0.15) is 5.82 Å². The van der Waals surface area contributed by atoms with Crippen molar-refractivity contribution in [2.75, 3.05) is 6.54 Å². The first-order valence-corrected chi connectivity index (χ1v) is 5.79. The van der Waals surface area contributed by atoms with Crippen molar-refractivity contribution in [3.63, 3.8) is 0 Å². The molecule has 0 saturated carbocycles. The first-order valence-electron chi connectivity index (χ1n) is 5.79. The minimum Gasteiger partial charge on any atom is -0.326 e. The number of nitrogens with zero attached hydrogens (tertiary/aromatic N) is 1. The molecule has 1 aromatic carbocycles. The van der Waals surface area contributed by atoms with Gasteiger partial charge in [0.15, 0.2) is 0 Å². The van der Waals surface area contributed by atoms with E-state index in [0.29, 0.717) is 12.6 Å². The predicted molar refractivity (Wildman–Crippen MR) is 65.5 cm³/mol. The summed E-state index contributed by atoms with van der Waals surface area (Å²) in [7, 11) is 0. The molecule has 1 rings (SSSR count). The third kappa shape index (κ3) is 3.29. The van der Waals surface area contributed by atoms with E-state index in [4.69, 9.17) is 5.73 Å². The van der Waals surface area contributed by atoms with Gasteiger partial charge in [0, 0.05) is 19.1 Å². The van der Waals surface area contributed by atoms with E-state index in [-0.39, 0.29) is 5.82 Å². The van der Waals surface area contributed by atoms with E-state index >= 15 is 0 Å². The lowest BCUT2D eigenvalue weighted by atomic mass is 10.1. The van der Waals surface area contributed by atoms with Gasteiger partial charge < -0.3 is 5.73 Å². The van der Waals surface area contributed by atoms with E-state index in [1.807, 2.05) is 0 Å². The van der Waals surface area contributed by atoms with Crippen LogP contribution in [-0.2, 0) is 13.1 Å². The summed E-state index contributed by atoms with van der Waals surface area (Å²) in [6.07, 6.45) is 0. The molecule has 0 spiro atoms. The minimum absolute atomic E-state index is 0.188. The van der Waals surface area contributed by atoms with Crippen LogP contribution in [0.25, 0.3) is 0 Å². The number of nitrogens with two attached hydrogens (primary N) is 1. The zero-order valence-electron chi connectivity index (χ0n) is 10.3. The molecule has 0 fully saturated rings. The van der Waals surface area contributed by atoms with Crippen molar-refractivity contribution in [1.29, 1.82) is 0 Å². The largest absolute Gasteiger partial charge is 0.326 e. The Bertz CT molecular complexity index is 337. The predicted octanol–water partition coefficient (Wildman–Crippen LogP) is 2.51. The Kier molecular flexibility index (Phi) is 4.90. The topological polar surface area (TPSA) is 29.3 Å². The van der Waals surface area contributed by atoms with Crippen LogP contribution in [0.3, 0.4) is 0 Å². The van der Waals surface area contributed by atoms with E-state index in [1.165, 1.54) is 6.07 Å². The van der Waals surface area contributed by atoms with E-state index in [0.717, 1.165) is 24.2 Å². The van der Waals surface area contributed by atoms with Crippen LogP contribution >= 0.6 is 0 Å². The molecular formula is C13H21FN2. The fourth-order valence-corrected chi connectivity index (χ4v) is 1.82. The van der Waals surface area contributed by atoms with Crippen molar-refractivity contribution in [3.8, 4) is 0 Å². The average molecular weight is 224 g/mol. The maximum absolute atomic E-state index is 13.2. The molecule has 1 aromatic rings. The molecule has 0 aliphatic carbocycles. The summed E-state index contributed by atoms with van der Waals surface area (Å²) in [5.74, 6) is -0.188. The smallest absolute Gasteiger partial charge is 0.123 e. The molecule has 0 atom stereocenters. The summed E-state index contributed by atoms with van der Waals surface area (Å²) in [6.45, 7) is 8.58. The van der Waals surface area contributed by atoms with Crippen LogP contribution in [0.1, 0.15) is 31.9 Å². The first-order chi connectivity index (χ1) is 7.58. The van der Waals surface area contributed by atoms with Gasteiger partial charge in [-0.15, -0.1) is 0 Å². The van der Waals surface area contributed by atoms with Gasteiger partial charge in [-0.05, 0) is 43.7 Å². The van der Waals surface area contributed by atoms with Gasteiger partial charge in [0.2, 0.25) is 0 Å². The summed E-state index contributed by atoms with van der Waals surface area (Å²) in [6, 6.07) is 5.29. The molecule has 0 unspecified atom stereocenters. The van der Waals surface area contributed by atoms with E-state index < -0.39 is 0 Å². The van der Waals surface area contributed by atoms with Crippen LogP contribution in [0.15, 0.2) is 18.2 Å². The van der Waals surface area contributed by atoms with Gasteiger partial charge in [-0.3, -0.25) is 4.90 Å². The van der Waals surface area contributed by atoms with E-state index in [2.05, 4.69) is 25.7 Å². The monoisotopic (exact) mass is 224 g/mol. The molecule has 0 amide bonds.